The number of nitrogens with zero attached hydrogens (tertiary/aromatic N) is 3. The maximum absolute atomic E-state index is 14.8. The molecule has 2 aromatic carbocycles. The van der Waals surface area contributed by atoms with Gasteiger partial charge in [-0.3, -0.25) is 33.6 Å². The monoisotopic (exact) mass is 804 g/mol. The molecule has 4 heterocycles. The van der Waals surface area contributed by atoms with Gasteiger partial charge < -0.3 is 25.2 Å². The van der Waals surface area contributed by atoms with Crippen molar-refractivity contribution >= 4 is 45.2 Å². The lowest BCUT2D eigenvalue weighted by Crippen LogP contribution is -2.65. The average molecular weight is 805 g/mol. The van der Waals surface area contributed by atoms with Crippen LogP contribution in [0.3, 0.4) is 0 Å². The minimum Gasteiger partial charge on any atom is -0.444 e. The minimum absolute atomic E-state index is 0.00748. The van der Waals surface area contributed by atoms with Crippen LogP contribution in [0.5, 0.6) is 0 Å². The molecular formula is C40H45FN6O9S. The summed E-state index contributed by atoms with van der Waals surface area (Å²) in [4.78, 5) is 87.2. The fourth-order valence-corrected chi connectivity index (χ4v) is 11.7. The van der Waals surface area contributed by atoms with Gasteiger partial charge in [0.15, 0.2) is 0 Å². The van der Waals surface area contributed by atoms with E-state index in [1.165, 1.54) is 15.9 Å². The summed E-state index contributed by atoms with van der Waals surface area (Å²) < 4.78 is 48.3. The summed E-state index contributed by atoms with van der Waals surface area (Å²) in [5, 5.41) is 5.31. The number of benzene rings is 1. The second-order valence-electron chi connectivity index (χ2n) is 17.5. The second kappa shape index (κ2) is 12.9. The molecule has 6 fully saturated rings. The van der Waals surface area contributed by atoms with Gasteiger partial charge >= 0.3 is 6.09 Å². The third kappa shape index (κ3) is 5.80. The summed E-state index contributed by atoms with van der Waals surface area (Å²) in [5.41, 5.74) is -1.08. The Bertz CT molecular complexity index is 2320. The number of sulfonamides is 1. The van der Waals surface area contributed by atoms with Crippen LogP contribution in [0, 0.1) is 17.2 Å². The zero-order valence-corrected chi connectivity index (χ0v) is 32.2. The van der Waals surface area contributed by atoms with Gasteiger partial charge in [0.2, 0.25) is 21.8 Å². The molecule has 302 valence electrons. The SMILES string of the molecule is O=C1N[C@]2(C(=O)NS(=O)(=O)C3CC3)C[C@H]2C=CCCCCC[C@H](Nc2c(N3C4CCC45CC35)c(=O)c2=O)C(=O)N2C[C@H](OC(=O)N3Cc4cccc(F)c4C3)C[C@@H]12. The lowest BCUT2D eigenvalue weighted by atomic mass is 9.68. The first kappa shape index (κ1) is 36.5. The molecule has 10 rings (SSSR count). The maximum Gasteiger partial charge on any atom is 0.410 e. The molecule has 4 aliphatic heterocycles. The van der Waals surface area contributed by atoms with Gasteiger partial charge in [0, 0.05) is 41.9 Å². The number of hydrogen-bond donors (Lipinski definition) is 3. The fraction of sp³-hybridized carbons (Fsp3) is 0.600. The Morgan fingerprint density at radius 3 is 2.51 bits per heavy atom. The standard InChI is InChI=1S/C40H45FN6O9S/c41-26-9-6-7-21-18-45(20-25(21)26)38(53)56-23-15-28-35(50)43-40(37(52)44-57(54,55)24-11-12-24)16-22(40)8-4-2-1-3-5-10-27(36(51)46(28)19-23)42-31-32(34(49)33(31)48)47-29-13-14-39(29)17-30(39)47/h4,6-9,22-24,27-30,42H,1-3,5,10-20H2,(H,43,50)(H,44,52)/t22-,23-,27+,28+,29?,30?,39?,40-/m1/s1. The van der Waals surface area contributed by atoms with Crippen LogP contribution in [0.1, 0.15) is 88.2 Å². The van der Waals surface area contributed by atoms with E-state index in [1.807, 2.05) is 17.1 Å². The molecule has 4 amide bonds. The zero-order chi connectivity index (χ0) is 39.6. The summed E-state index contributed by atoms with van der Waals surface area (Å²) in [6, 6.07) is 2.83. The number of ether oxygens (including phenoxy) is 1. The number of carbonyl (C=O) groups is 4. The topological polar surface area (TPSA) is 192 Å². The van der Waals surface area contributed by atoms with Crippen molar-refractivity contribution in [2.75, 3.05) is 16.8 Å². The lowest BCUT2D eigenvalue weighted by Gasteiger charge is -2.56. The molecule has 3 unspecified atom stereocenters. The molecule has 8 atom stereocenters. The Labute approximate surface area is 328 Å². The third-order valence-corrected chi connectivity index (χ3v) is 15.9. The molecule has 8 aliphatic rings. The van der Waals surface area contributed by atoms with E-state index in [2.05, 4.69) is 15.4 Å². The van der Waals surface area contributed by atoms with Crippen molar-refractivity contribution in [1.29, 1.82) is 0 Å². The zero-order valence-electron chi connectivity index (χ0n) is 31.3. The predicted octanol–water partition coefficient (Wildman–Crippen LogP) is 2.07. The molecular weight excluding hydrogens is 760 g/mol. The smallest absolute Gasteiger partial charge is 0.410 e. The summed E-state index contributed by atoms with van der Waals surface area (Å²) >= 11 is 0. The Morgan fingerprint density at radius 1 is 0.965 bits per heavy atom. The van der Waals surface area contributed by atoms with Gasteiger partial charge in [0.25, 0.3) is 16.8 Å². The summed E-state index contributed by atoms with van der Waals surface area (Å²) in [6.45, 7) is -0.0733. The van der Waals surface area contributed by atoms with Crippen molar-refractivity contribution in [1.82, 2.24) is 19.8 Å². The molecule has 0 radical (unpaired) electrons. The normalized spacial score (nSPS) is 34.2. The van der Waals surface area contributed by atoms with Gasteiger partial charge in [-0.15, -0.1) is 0 Å². The maximum atomic E-state index is 14.8. The van der Waals surface area contributed by atoms with Crippen LogP contribution >= 0.6 is 0 Å². The summed E-state index contributed by atoms with van der Waals surface area (Å²) in [5.74, 6) is -3.01. The van der Waals surface area contributed by atoms with E-state index < -0.39 is 85.4 Å². The highest BCUT2D eigenvalue weighted by molar-refractivity contribution is 7.91. The first-order chi connectivity index (χ1) is 27.3. The van der Waals surface area contributed by atoms with Crippen LogP contribution in [-0.4, -0.2) is 89.6 Å². The Kier molecular flexibility index (Phi) is 8.24. The molecule has 57 heavy (non-hydrogen) atoms. The van der Waals surface area contributed by atoms with Crippen molar-refractivity contribution in [3.8, 4) is 0 Å². The van der Waals surface area contributed by atoms with Crippen LogP contribution in [-0.2, 0) is 42.2 Å². The Balaban J connectivity index is 0.931. The molecule has 4 saturated carbocycles. The Morgan fingerprint density at radius 2 is 1.79 bits per heavy atom. The number of piperidine rings is 1. The van der Waals surface area contributed by atoms with Crippen molar-refractivity contribution < 1.29 is 36.7 Å². The van der Waals surface area contributed by atoms with E-state index >= 15 is 0 Å². The molecule has 15 nitrogen and oxygen atoms in total. The van der Waals surface area contributed by atoms with Crippen LogP contribution in [0.15, 0.2) is 39.9 Å². The molecule has 17 heteroatoms. The number of hydrogen-bond acceptors (Lipinski definition) is 11. The Hall–Kier alpha value is -4.80. The highest BCUT2D eigenvalue weighted by atomic mass is 32.2. The number of rotatable bonds is 7. The molecule has 1 spiro atoms. The summed E-state index contributed by atoms with van der Waals surface area (Å²) in [6.07, 6.45) is 9.00. The van der Waals surface area contributed by atoms with Crippen molar-refractivity contribution in [2.45, 2.75) is 131 Å². The van der Waals surface area contributed by atoms with Gasteiger partial charge in [-0.25, -0.2) is 17.6 Å². The number of nitrogens with one attached hydrogen (secondary N) is 3. The van der Waals surface area contributed by atoms with Gasteiger partial charge in [0.1, 0.15) is 40.9 Å². The second-order valence-corrected chi connectivity index (χ2v) is 19.4. The van der Waals surface area contributed by atoms with E-state index in [1.54, 1.807) is 12.1 Å². The van der Waals surface area contributed by atoms with Crippen LogP contribution < -0.4 is 31.1 Å². The predicted molar refractivity (Wildman–Crippen MR) is 202 cm³/mol. The highest BCUT2D eigenvalue weighted by Gasteiger charge is 2.78. The molecule has 0 aromatic heterocycles. The molecule has 3 N–H and O–H groups in total. The fourth-order valence-electron chi connectivity index (χ4n) is 10.3. The molecule has 4 aliphatic carbocycles. The quantitative estimate of drug-likeness (QED) is 0.274. The number of carbonyl (C=O) groups excluding carboxylic acids is 4. The number of allylic oxidation sites excluding steroid dienone is 1. The van der Waals surface area contributed by atoms with E-state index in [4.69, 9.17) is 4.74 Å². The van der Waals surface area contributed by atoms with Gasteiger partial charge in [-0.05, 0) is 69.4 Å². The number of fused-ring (bicyclic) bond motifs is 3. The van der Waals surface area contributed by atoms with E-state index in [9.17, 15) is 41.6 Å². The highest BCUT2D eigenvalue weighted by Crippen LogP contribution is 2.74. The lowest BCUT2D eigenvalue weighted by molar-refractivity contribution is -0.140. The minimum atomic E-state index is -3.94. The average Bonchev–Trinajstić information content (AvgIpc) is 4.13. The number of amides is 4. The van der Waals surface area contributed by atoms with E-state index in [-0.39, 0.29) is 55.7 Å². The van der Waals surface area contributed by atoms with Crippen molar-refractivity contribution in [2.24, 2.45) is 11.3 Å². The van der Waals surface area contributed by atoms with Crippen molar-refractivity contribution in [3.63, 3.8) is 0 Å². The molecule has 2 saturated heterocycles. The van der Waals surface area contributed by atoms with Crippen LogP contribution in [0.4, 0.5) is 20.6 Å². The molecule has 2 aromatic rings. The van der Waals surface area contributed by atoms with Crippen molar-refractivity contribution in [3.05, 3.63) is 67.7 Å². The largest absolute Gasteiger partial charge is 0.444 e. The molecule has 0 bridgehead atoms. The van der Waals surface area contributed by atoms with E-state index in [0.29, 0.717) is 48.9 Å². The number of anilines is 2. The first-order valence-corrected chi connectivity index (χ1v) is 21.8. The van der Waals surface area contributed by atoms with Gasteiger partial charge in [0.05, 0.1) is 18.3 Å². The number of halogens is 1. The van der Waals surface area contributed by atoms with Gasteiger partial charge in [-0.2, -0.15) is 0 Å². The van der Waals surface area contributed by atoms with Crippen LogP contribution in [0.2, 0.25) is 0 Å². The third-order valence-electron chi connectivity index (χ3n) is 14.1. The van der Waals surface area contributed by atoms with Crippen LogP contribution in [0.25, 0.3) is 0 Å². The first-order valence-electron chi connectivity index (χ1n) is 20.3. The van der Waals surface area contributed by atoms with Gasteiger partial charge in [-0.1, -0.05) is 37.1 Å². The van der Waals surface area contributed by atoms with E-state index in [0.717, 1.165) is 32.1 Å². The summed E-state index contributed by atoms with van der Waals surface area (Å²) in [7, 11) is -3.94.